The minimum absolute atomic E-state index is 0.00570. The Morgan fingerprint density at radius 2 is 2.21 bits per heavy atom. The Morgan fingerprint density at radius 1 is 1.64 bits per heavy atom. The number of H-pyrrole nitrogens is 1. The molecule has 1 rings (SSSR count). The molecule has 1 atom stereocenters. The van der Waals surface area contributed by atoms with Crippen molar-refractivity contribution in [2.45, 2.75) is 19.8 Å². The summed E-state index contributed by atoms with van der Waals surface area (Å²) in [6.07, 6.45) is 0. The van der Waals surface area contributed by atoms with E-state index in [0.717, 1.165) is 0 Å². The summed E-state index contributed by atoms with van der Waals surface area (Å²) in [6, 6.07) is 0. The maximum Gasteiger partial charge on any atom is 0.310 e. The molecule has 4 N–H and O–H groups in total. The Bertz CT molecular complexity index is 424. The topological polar surface area (TPSA) is 109 Å². The molecule has 0 aliphatic carbocycles. The molecule has 0 saturated carbocycles. The van der Waals surface area contributed by atoms with Crippen molar-refractivity contribution in [2.24, 2.45) is 0 Å². The van der Waals surface area contributed by atoms with E-state index >= 15 is 0 Å². The summed E-state index contributed by atoms with van der Waals surface area (Å²) in [4.78, 5) is 28.1. The van der Waals surface area contributed by atoms with E-state index in [4.69, 9.17) is 10.8 Å². The van der Waals surface area contributed by atoms with Crippen LogP contribution in [-0.2, 0) is 4.79 Å². The van der Waals surface area contributed by atoms with Gasteiger partial charge in [0.1, 0.15) is 0 Å². The molecule has 14 heavy (non-hydrogen) atoms. The lowest BCUT2D eigenvalue weighted by molar-refractivity contribution is -0.138. The van der Waals surface area contributed by atoms with Gasteiger partial charge in [0.25, 0.3) is 5.56 Å². The summed E-state index contributed by atoms with van der Waals surface area (Å²) in [5, 5.41) is 8.74. The third-order valence-corrected chi connectivity index (χ3v) is 1.97. The van der Waals surface area contributed by atoms with Crippen LogP contribution in [0.5, 0.6) is 0 Å². The van der Waals surface area contributed by atoms with E-state index in [-0.39, 0.29) is 11.5 Å². The average molecular weight is 197 g/mol. The Labute approximate surface area is 79.8 Å². The first-order chi connectivity index (χ1) is 6.43. The molecule has 0 spiro atoms. The molecule has 0 amide bonds. The summed E-state index contributed by atoms with van der Waals surface area (Å²) in [6.45, 7) is 2.98. The second-order valence-electron chi connectivity index (χ2n) is 3.01. The fourth-order valence-corrected chi connectivity index (χ4v) is 1.25. The molecular weight excluding hydrogens is 186 g/mol. The minimum atomic E-state index is -1.06. The van der Waals surface area contributed by atoms with Crippen molar-refractivity contribution in [1.82, 2.24) is 9.97 Å². The van der Waals surface area contributed by atoms with Crippen LogP contribution in [0.4, 0.5) is 5.95 Å². The van der Waals surface area contributed by atoms with Gasteiger partial charge >= 0.3 is 5.97 Å². The maximum atomic E-state index is 11.4. The number of aliphatic carboxylic acids is 1. The largest absolute Gasteiger partial charge is 0.481 e. The van der Waals surface area contributed by atoms with Gasteiger partial charge in [-0.1, -0.05) is 0 Å². The fourth-order valence-electron chi connectivity index (χ4n) is 1.25. The number of nitrogens with one attached hydrogen (secondary N) is 1. The van der Waals surface area contributed by atoms with Gasteiger partial charge in [0.05, 0.1) is 17.2 Å². The number of carboxylic acid groups (broad SMARTS) is 1. The number of anilines is 1. The summed E-state index contributed by atoms with van der Waals surface area (Å²) >= 11 is 0. The molecule has 0 saturated heterocycles. The van der Waals surface area contributed by atoms with Crippen LogP contribution >= 0.6 is 0 Å². The molecule has 1 aromatic heterocycles. The van der Waals surface area contributed by atoms with E-state index in [1.54, 1.807) is 6.92 Å². The van der Waals surface area contributed by atoms with Gasteiger partial charge in [-0.2, -0.15) is 0 Å². The fraction of sp³-hybridized carbons (Fsp3) is 0.375. The maximum absolute atomic E-state index is 11.4. The number of nitrogen functional groups attached to an aromatic ring is 1. The van der Waals surface area contributed by atoms with Crippen molar-refractivity contribution in [2.75, 3.05) is 5.73 Å². The number of nitrogens with zero attached hydrogens (tertiary/aromatic N) is 1. The number of aryl methyl sites for hydroxylation is 1. The third-order valence-electron chi connectivity index (χ3n) is 1.97. The van der Waals surface area contributed by atoms with Gasteiger partial charge in [0.15, 0.2) is 0 Å². The lowest BCUT2D eigenvalue weighted by Crippen LogP contribution is -2.23. The van der Waals surface area contributed by atoms with Crippen LogP contribution < -0.4 is 11.3 Å². The van der Waals surface area contributed by atoms with Crippen LogP contribution in [0.3, 0.4) is 0 Å². The zero-order chi connectivity index (χ0) is 10.9. The summed E-state index contributed by atoms with van der Waals surface area (Å²) in [5.41, 5.74) is 5.29. The van der Waals surface area contributed by atoms with Gasteiger partial charge < -0.3 is 10.8 Å². The van der Waals surface area contributed by atoms with E-state index in [1.165, 1.54) is 6.92 Å². The number of carbonyl (C=O) groups is 1. The predicted octanol–water partition coefficient (Wildman–Crippen LogP) is -0.151. The van der Waals surface area contributed by atoms with Gasteiger partial charge in [0.2, 0.25) is 5.95 Å². The molecule has 1 heterocycles. The molecule has 0 fully saturated rings. The predicted molar refractivity (Wildman–Crippen MR) is 50.1 cm³/mol. The molecule has 0 aliphatic rings. The van der Waals surface area contributed by atoms with Crippen LogP contribution in [0.25, 0.3) is 0 Å². The van der Waals surface area contributed by atoms with Crippen LogP contribution in [-0.4, -0.2) is 21.0 Å². The van der Waals surface area contributed by atoms with Crippen molar-refractivity contribution in [1.29, 1.82) is 0 Å². The molecular formula is C8H11N3O3. The molecule has 0 unspecified atom stereocenters. The Hall–Kier alpha value is -1.85. The van der Waals surface area contributed by atoms with Crippen LogP contribution in [0.2, 0.25) is 0 Å². The highest BCUT2D eigenvalue weighted by Crippen LogP contribution is 2.13. The zero-order valence-corrected chi connectivity index (χ0v) is 7.87. The van der Waals surface area contributed by atoms with E-state index in [9.17, 15) is 9.59 Å². The lowest BCUT2D eigenvalue weighted by Gasteiger charge is -2.08. The highest BCUT2D eigenvalue weighted by atomic mass is 16.4. The number of rotatable bonds is 2. The Morgan fingerprint density at radius 3 is 2.64 bits per heavy atom. The van der Waals surface area contributed by atoms with Crippen molar-refractivity contribution < 1.29 is 9.90 Å². The second kappa shape index (κ2) is 3.49. The van der Waals surface area contributed by atoms with Crippen molar-refractivity contribution in [3.8, 4) is 0 Å². The van der Waals surface area contributed by atoms with Crippen LogP contribution in [0.1, 0.15) is 24.1 Å². The van der Waals surface area contributed by atoms with E-state index in [2.05, 4.69) is 9.97 Å². The average Bonchev–Trinajstić information content (AvgIpc) is 2.01. The smallest absolute Gasteiger partial charge is 0.310 e. The monoisotopic (exact) mass is 197 g/mol. The number of nitrogens with two attached hydrogens (primary N) is 1. The molecule has 6 nitrogen and oxygen atoms in total. The van der Waals surface area contributed by atoms with Gasteiger partial charge in [-0.05, 0) is 13.8 Å². The quantitative estimate of drug-likeness (QED) is 0.610. The Balaban J connectivity index is 3.35. The highest BCUT2D eigenvalue weighted by molar-refractivity contribution is 5.75. The van der Waals surface area contributed by atoms with Gasteiger partial charge in [-0.3, -0.25) is 14.6 Å². The minimum Gasteiger partial charge on any atom is -0.481 e. The van der Waals surface area contributed by atoms with Crippen LogP contribution in [0, 0.1) is 6.92 Å². The third kappa shape index (κ3) is 1.73. The van der Waals surface area contributed by atoms with Gasteiger partial charge in [-0.15, -0.1) is 0 Å². The Kier molecular flexibility index (Phi) is 2.55. The first-order valence-corrected chi connectivity index (χ1v) is 4.02. The molecule has 0 aliphatic heterocycles. The number of aromatic nitrogens is 2. The molecule has 6 heteroatoms. The van der Waals surface area contributed by atoms with Crippen molar-refractivity contribution in [3.63, 3.8) is 0 Å². The first kappa shape index (κ1) is 10.2. The van der Waals surface area contributed by atoms with Crippen molar-refractivity contribution in [3.05, 3.63) is 21.6 Å². The first-order valence-electron chi connectivity index (χ1n) is 4.02. The summed E-state index contributed by atoms with van der Waals surface area (Å²) in [7, 11) is 0. The highest BCUT2D eigenvalue weighted by Gasteiger charge is 2.20. The van der Waals surface area contributed by atoms with Gasteiger partial charge in [0, 0.05) is 0 Å². The van der Waals surface area contributed by atoms with E-state index in [0.29, 0.717) is 5.69 Å². The van der Waals surface area contributed by atoms with Crippen molar-refractivity contribution >= 4 is 11.9 Å². The molecule has 76 valence electrons. The number of aromatic amines is 1. The standard InChI is InChI=1S/C8H11N3O3/c1-3(7(13)14)5-4(2)10-8(9)11-6(5)12/h3H,1-2H3,(H,13,14)(H3,9,10,11,12)/t3-/m1/s1. The summed E-state index contributed by atoms with van der Waals surface area (Å²) < 4.78 is 0. The number of hydrogen-bond donors (Lipinski definition) is 3. The SMILES string of the molecule is Cc1nc(N)[nH]c(=O)c1[C@@H](C)C(=O)O. The van der Waals surface area contributed by atoms with Crippen LogP contribution in [0.15, 0.2) is 4.79 Å². The van der Waals surface area contributed by atoms with Gasteiger partial charge in [-0.25, -0.2) is 4.98 Å². The molecule has 1 aromatic rings. The number of carboxylic acids is 1. The molecule has 0 aromatic carbocycles. The summed E-state index contributed by atoms with van der Waals surface area (Å²) in [5.74, 6) is -1.95. The van der Waals surface area contributed by atoms with E-state index in [1.807, 2.05) is 0 Å². The molecule has 0 bridgehead atoms. The second-order valence-corrected chi connectivity index (χ2v) is 3.01. The normalized spacial score (nSPS) is 12.4. The molecule has 0 radical (unpaired) electrons. The zero-order valence-electron chi connectivity index (χ0n) is 7.87. The lowest BCUT2D eigenvalue weighted by atomic mass is 10.0. The van der Waals surface area contributed by atoms with E-state index < -0.39 is 17.4 Å². The number of hydrogen-bond acceptors (Lipinski definition) is 4.